The van der Waals surface area contributed by atoms with Crippen molar-refractivity contribution < 1.29 is 23.8 Å². The lowest BCUT2D eigenvalue weighted by atomic mass is 10.1. The first kappa shape index (κ1) is 24.1. The van der Waals surface area contributed by atoms with Gasteiger partial charge < -0.3 is 24.8 Å². The fraction of sp³-hybridized carbons (Fsp3) is 0.417. The zero-order valence-electron chi connectivity index (χ0n) is 18.9. The lowest BCUT2D eigenvalue weighted by Crippen LogP contribution is -2.15. The summed E-state index contributed by atoms with van der Waals surface area (Å²) in [6, 6.07) is 10.3. The Morgan fingerprint density at radius 1 is 0.806 bits per heavy atom. The van der Waals surface area contributed by atoms with Gasteiger partial charge in [0.05, 0.1) is 19.8 Å². The van der Waals surface area contributed by atoms with Crippen molar-refractivity contribution in [2.45, 2.75) is 41.0 Å². The molecule has 2 rings (SSSR count). The van der Waals surface area contributed by atoms with Crippen molar-refractivity contribution in [2.75, 3.05) is 30.5 Å². The lowest BCUT2D eigenvalue weighted by molar-refractivity contribution is -0.116. The van der Waals surface area contributed by atoms with Crippen molar-refractivity contribution in [3.63, 3.8) is 0 Å². The minimum atomic E-state index is -0.304. The highest BCUT2D eigenvalue weighted by Gasteiger charge is 2.18. The van der Waals surface area contributed by atoms with Gasteiger partial charge in [-0.25, -0.2) is 0 Å². The Morgan fingerprint density at radius 3 is 1.74 bits per heavy atom. The second-order valence-electron chi connectivity index (χ2n) is 7.28. The molecule has 2 aromatic carbocycles. The van der Waals surface area contributed by atoms with Crippen molar-refractivity contribution in [1.82, 2.24) is 0 Å². The quantitative estimate of drug-likeness (QED) is 0.519. The first-order valence-electron chi connectivity index (χ1n) is 10.7. The lowest BCUT2D eigenvalue weighted by Gasteiger charge is -2.17. The minimum Gasteiger partial charge on any atom is -0.490 e. The number of rotatable bonds is 11. The molecular formula is C24H32N2O5. The summed E-state index contributed by atoms with van der Waals surface area (Å²) >= 11 is 0. The monoisotopic (exact) mass is 428 g/mol. The molecule has 168 valence electrons. The summed E-state index contributed by atoms with van der Waals surface area (Å²) in [6.45, 7) is 10.9. The van der Waals surface area contributed by atoms with Gasteiger partial charge in [0.25, 0.3) is 5.91 Å². The molecule has 0 saturated heterocycles. The summed E-state index contributed by atoms with van der Waals surface area (Å²) in [4.78, 5) is 24.7. The molecule has 2 amide bonds. The number of ether oxygens (including phenoxy) is 3. The number of hydrogen-bond donors (Lipinski definition) is 2. The Labute approximate surface area is 184 Å². The summed E-state index contributed by atoms with van der Waals surface area (Å²) < 4.78 is 17.0. The predicted octanol–water partition coefficient (Wildman–Crippen LogP) is 5.12. The largest absolute Gasteiger partial charge is 0.490 e. The predicted molar refractivity (Wildman–Crippen MR) is 122 cm³/mol. The van der Waals surface area contributed by atoms with E-state index in [4.69, 9.17) is 14.2 Å². The highest BCUT2D eigenvalue weighted by Crippen LogP contribution is 2.39. The molecule has 0 atom stereocenters. The standard InChI is InChI=1S/C24H32N2O5/c1-6-29-20-14-17(15-21(30-7-2)23(20)31-8-3)24(28)26-19-11-9-18(10-12-19)25-22(27)13-16(4)5/h9-12,14-16H,6-8,13H2,1-5H3,(H,25,27)(H,26,28). The van der Waals surface area contributed by atoms with Gasteiger partial charge in [0.15, 0.2) is 11.5 Å². The van der Waals surface area contributed by atoms with Crippen LogP contribution >= 0.6 is 0 Å². The van der Waals surface area contributed by atoms with E-state index in [1.165, 1.54) is 0 Å². The molecule has 0 saturated carbocycles. The highest BCUT2D eigenvalue weighted by molar-refractivity contribution is 6.05. The Bertz CT molecular complexity index is 851. The van der Waals surface area contributed by atoms with Crippen LogP contribution in [0.3, 0.4) is 0 Å². The third-order valence-electron chi connectivity index (χ3n) is 4.19. The molecule has 31 heavy (non-hydrogen) atoms. The molecule has 0 spiro atoms. The van der Waals surface area contributed by atoms with Gasteiger partial charge in [-0.3, -0.25) is 9.59 Å². The van der Waals surface area contributed by atoms with Crippen LogP contribution in [0.25, 0.3) is 0 Å². The minimum absolute atomic E-state index is 0.0342. The maximum Gasteiger partial charge on any atom is 0.255 e. The SMILES string of the molecule is CCOc1cc(C(=O)Nc2ccc(NC(=O)CC(C)C)cc2)cc(OCC)c1OCC. The first-order valence-corrected chi connectivity index (χ1v) is 10.7. The van der Waals surface area contributed by atoms with Crippen LogP contribution in [0.4, 0.5) is 11.4 Å². The average Bonchev–Trinajstić information content (AvgIpc) is 2.71. The van der Waals surface area contributed by atoms with E-state index in [2.05, 4.69) is 10.6 Å². The van der Waals surface area contributed by atoms with E-state index < -0.39 is 0 Å². The Kier molecular flexibility index (Phi) is 9.18. The fourth-order valence-electron chi connectivity index (χ4n) is 2.94. The maximum atomic E-state index is 12.8. The summed E-state index contributed by atoms with van der Waals surface area (Å²) in [5, 5.41) is 5.71. The molecule has 0 aliphatic rings. The third kappa shape index (κ3) is 7.20. The molecule has 0 heterocycles. The number of benzene rings is 2. The number of amides is 2. The van der Waals surface area contributed by atoms with E-state index in [0.29, 0.717) is 60.4 Å². The van der Waals surface area contributed by atoms with E-state index >= 15 is 0 Å². The van der Waals surface area contributed by atoms with E-state index in [-0.39, 0.29) is 17.7 Å². The number of carbonyl (C=O) groups excluding carboxylic acids is 2. The van der Waals surface area contributed by atoms with Crippen LogP contribution in [0.1, 0.15) is 51.4 Å². The van der Waals surface area contributed by atoms with Crippen molar-refractivity contribution in [3.8, 4) is 17.2 Å². The summed E-state index contributed by atoms with van der Waals surface area (Å²) in [5.41, 5.74) is 1.68. The Balaban J connectivity index is 2.17. The van der Waals surface area contributed by atoms with Crippen molar-refractivity contribution >= 4 is 23.2 Å². The van der Waals surface area contributed by atoms with Crippen LogP contribution in [0.2, 0.25) is 0 Å². The molecule has 0 bridgehead atoms. The molecule has 7 nitrogen and oxygen atoms in total. The van der Waals surface area contributed by atoms with E-state index in [9.17, 15) is 9.59 Å². The fourth-order valence-corrected chi connectivity index (χ4v) is 2.94. The van der Waals surface area contributed by atoms with E-state index in [1.807, 2.05) is 34.6 Å². The Hall–Kier alpha value is -3.22. The molecule has 0 aliphatic carbocycles. The summed E-state index contributed by atoms with van der Waals surface area (Å²) in [5.74, 6) is 1.36. The van der Waals surface area contributed by atoms with Gasteiger partial charge in [0, 0.05) is 23.4 Å². The highest BCUT2D eigenvalue weighted by atomic mass is 16.5. The number of nitrogens with one attached hydrogen (secondary N) is 2. The zero-order chi connectivity index (χ0) is 22.8. The summed E-state index contributed by atoms with van der Waals surface area (Å²) in [6.07, 6.45) is 0.459. The van der Waals surface area contributed by atoms with Crippen LogP contribution in [0.5, 0.6) is 17.2 Å². The molecule has 2 aromatic rings. The number of hydrogen-bond acceptors (Lipinski definition) is 5. The molecule has 0 unspecified atom stereocenters. The molecule has 2 N–H and O–H groups in total. The van der Waals surface area contributed by atoms with Gasteiger partial charge in [-0.05, 0) is 63.1 Å². The van der Waals surface area contributed by atoms with Crippen LogP contribution in [-0.4, -0.2) is 31.6 Å². The van der Waals surface area contributed by atoms with Gasteiger partial charge in [0.1, 0.15) is 0 Å². The third-order valence-corrected chi connectivity index (χ3v) is 4.19. The van der Waals surface area contributed by atoms with Crippen molar-refractivity contribution in [1.29, 1.82) is 0 Å². The van der Waals surface area contributed by atoms with Crippen LogP contribution in [0.15, 0.2) is 36.4 Å². The molecule has 0 fully saturated rings. The van der Waals surface area contributed by atoms with Crippen LogP contribution in [-0.2, 0) is 4.79 Å². The smallest absolute Gasteiger partial charge is 0.255 e. The van der Waals surface area contributed by atoms with E-state index in [0.717, 1.165) is 0 Å². The molecular weight excluding hydrogens is 396 g/mol. The second kappa shape index (κ2) is 11.8. The number of anilines is 2. The topological polar surface area (TPSA) is 85.9 Å². The first-order chi connectivity index (χ1) is 14.9. The number of carbonyl (C=O) groups is 2. The molecule has 0 radical (unpaired) electrons. The molecule has 0 aromatic heterocycles. The van der Waals surface area contributed by atoms with Crippen LogP contribution in [0, 0.1) is 5.92 Å². The second-order valence-corrected chi connectivity index (χ2v) is 7.28. The van der Waals surface area contributed by atoms with Gasteiger partial charge in [-0.15, -0.1) is 0 Å². The van der Waals surface area contributed by atoms with Crippen LogP contribution < -0.4 is 24.8 Å². The summed E-state index contributed by atoms with van der Waals surface area (Å²) in [7, 11) is 0. The zero-order valence-corrected chi connectivity index (χ0v) is 18.9. The maximum absolute atomic E-state index is 12.8. The van der Waals surface area contributed by atoms with E-state index in [1.54, 1.807) is 36.4 Å². The normalized spacial score (nSPS) is 10.5. The van der Waals surface area contributed by atoms with Gasteiger partial charge in [0.2, 0.25) is 11.7 Å². The van der Waals surface area contributed by atoms with Crippen molar-refractivity contribution in [3.05, 3.63) is 42.0 Å². The van der Waals surface area contributed by atoms with Crippen molar-refractivity contribution in [2.24, 2.45) is 5.92 Å². The average molecular weight is 429 g/mol. The van der Waals surface area contributed by atoms with Gasteiger partial charge in [-0.2, -0.15) is 0 Å². The Morgan fingerprint density at radius 2 is 1.29 bits per heavy atom. The molecule has 7 heteroatoms. The van der Waals surface area contributed by atoms with Gasteiger partial charge in [-0.1, -0.05) is 13.8 Å². The molecule has 0 aliphatic heterocycles. The van der Waals surface area contributed by atoms with Gasteiger partial charge >= 0.3 is 0 Å².